The Labute approximate surface area is 159 Å². The number of hydrogen-bond donors (Lipinski definition) is 1. The number of hydrogen-bond acceptors (Lipinski definition) is 4. The zero-order valence-corrected chi connectivity index (χ0v) is 15.6. The Morgan fingerprint density at radius 3 is 2.69 bits per heavy atom. The molecule has 0 amide bonds. The lowest BCUT2D eigenvalue weighted by Crippen LogP contribution is -2.21. The van der Waals surface area contributed by atoms with Crippen LogP contribution in [0.5, 0.6) is 11.5 Å². The SMILES string of the molecule is COc1ccc([C@H]2C(C#N)=C(N)Oc3c2ccc2ccccc32)cc1Br. The van der Waals surface area contributed by atoms with Crippen LogP contribution in [0.4, 0.5) is 0 Å². The van der Waals surface area contributed by atoms with Crippen molar-refractivity contribution in [1.82, 2.24) is 0 Å². The van der Waals surface area contributed by atoms with Gasteiger partial charge in [0, 0.05) is 10.9 Å². The summed E-state index contributed by atoms with van der Waals surface area (Å²) in [5, 5.41) is 11.7. The highest BCUT2D eigenvalue weighted by atomic mass is 79.9. The first-order valence-electron chi connectivity index (χ1n) is 8.06. The summed E-state index contributed by atoms with van der Waals surface area (Å²) in [6, 6.07) is 20.0. The molecule has 1 aliphatic rings. The van der Waals surface area contributed by atoms with E-state index in [-0.39, 0.29) is 11.8 Å². The van der Waals surface area contributed by atoms with Gasteiger partial charge in [0.1, 0.15) is 23.1 Å². The summed E-state index contributed by atoms with van der Waals surface area (Å²) < 4.78 is 12.0. The number of benzene rings is 3. The normalized spacial score (nSPS) is 16.0. The number of nitrogens with two attached hydrogens (primary N) is 1. The van der Waals surface area contributed by atoms with Crippen LogP contribution in [0, 0.1) is 11.3 Å². The predicted molar refractivity (Wildman–Crippen MR) is 104 cm³/mol. The summed E-state index contributed by atoms with van der Waals surface area (Å²) in [5.41, 5.74) is 8.39. The van der Waals surface area contributed by atoms with E-state index in [1.807, 2.05) is 54.6 Å². The van der Waals surface area contributed by atoms with Crippen molar-refractivity contribution in [2.75, 3.05) is 7.11 Å². The molecule has 1 heterocycles. The molecule has 0 saturated carbocycles. The van der Waals surface area contributed by atoms with E-state index in [1.165, 1.54) is 0 Å². The molecular weight excluding hydrogens is 392 g/mol. The second-order valence-electron chi connectivity index (χ2n) is 6.02. The highest BCUT2D eigenvalue weighted by Gasteiger charge is 2.31. The minimum atomic E-state index is -0.296. The maximum absolute atomic E-state index is 9.70. The Balaban J connectivity index is 1.98. The fraction of sp³-hybridized carbons (Fsp3) is 0.0952. The molecule has 4 nitrogen and oxygen atoms in total. The molecule has 2 N–H and O–H groups in total. The van der Waals surface area contributed by atoms with Gasteiger partial charge in [0.2, 0.25) is 5.88 Å². The number of rotatable bonds is 2. The van der Waals surface area contributed by atoms with Crippen LogP contribution in [0.15, 0.2) is 70.5 Å². The Morgan fingerprint density at radius 2 is 1.96 bits per heavy atom. The molecule has 4 rings (SSSR count). The third-order valence-electron chi connectivity index (χ3n) is 4.62. The first-order valence-corrected chi connectivity index (χ1v) is 8.86. The Bertz CT molecular complexity index is 1100. The van der Waals surface area contributed by atoms with E-state index in [1.54, 1.807) is 7.11 Å². The van der Waals surface area contributed by atoms with E-state index in [0.717, 1.165) is 32.1 Å². The van der Waals surface area contributed by atoms with Gasteiger partial charge in [-0.1, -0.05) is 42.5 Å². The molecule has 3 aromatic rings. The number of nitriles is 1. The predicted octanol–water partition coefficient (Wildman–Crippen LogP) is 4.83. The fourth-order valence-corrected chi connectivity index (χ4v) is 3.95. The zero-order chi connectivity index (χ0) is 18.3. The summed E-state index contributed by atoms with van der Waals surface area (Å²) in [7, 11) is 1.62. The second-order valence-corrected chi connectivity index (χ2v) is 6.88. The topological polar surface area (TPSA) is 68.3 Å². The summed E-state index contributed by atoms with van der Waals surface area (Å²) in [4.78, 5) is 0. The van der Waals surface area contributed by atoms with Crippen molar-refractivity contribution in [3.05, 3.63) is 81.7 Å². The largest absolute Gasteiger partial charge is 0.496 e. The van der Waals surface area contributed by atoms with E-state index >= 15 is 0 Å². The average molecular weight is 407 g/mol. The fourth-order valence-electron chi connectivity index (χ4n) is 3.39. The third-order valence-corrected chi connectivity index (χ3v) is 5.24. The van der Waals surface area contributed by atoms with Crippen LogP contribution in [0.1, 0.15) is 17.0 Å². The number of methoxy groups -OCH3 is 1. The lowest BCUT2D eigenvalue weighted by molar-refractivity contribution is 0.398. The number of halogens is 1. The first kappa shape index (κ1) is 16.5. The van der Waals surface area contributed by atoms with E-state index in [2.05, 4.69) is 22.0 Å². The summed E-state index contributed by atoms with van der Waals surface area (Å²) in [6.07, 6.45) is 0. The maximum atomic E-state index is 9.70. The molecule has 0 bridgehead atoms. The van der Waals surface area contributed by atoms with E-state index in [9.17, 15) is 5.26 Å². The van der Waals surface area contributed by atoms with Crippen molar-refractivity contribution in [3.63, 3.8) is 0 Å². The maximum Gasteiger partial charge on any atom is 0.205 e. The van der Waals surface area contributed by atoms with Crippen LogP contribution < -0.4 is 15.2 Å². The minimum Gasteiger partial charge on any atom is -0.496 e. The van der Waals surface area contributed by atoms with Crippen molar-refractivity contribution in [2.45, 2.75) is 5.92 Å². The van der Waals surface area contributed by atoms with E-state index < -0.39 is 0 Å². The van der Waals surface area contributed by atoms with Crippen LogP contribution in [-0.4, -0.2) is 7.11 Å². The molecule has 0 aliphatic carbocycles. The minimum absolute atomic E-state index is 0.147. The molecule has 1 atom stereocenters. The van der Waals surface area contributed by atoms with Gasteiger partial charge in [-0.15, -0.1) is 0 Å². The Morgan fingerprint density at radius 1 is 1.15 bits per heavy atom. The summed E-state index contributed by atoms with van der Waals surface area (Å²) >= 11 is 3.52. The van der Waals surface area contributed by atoms with Crippen molar-refractivity contribution in [2.24, 2.45) is 5.73 Å². The van der Waals surface area contributed by atoms with Gasteiger partial charge in [-0.3, -0.25) is 0 Å². The van der Waals surface area contributed by atoms with Crippen molar-refractivity contribution in [3.8, 4) is 17.6 Å². The lowest BCUT2D eigenvalue weighted by Gasteiger charge is -2.27. The van der Waals surface area contributed by atoms with Gasteiger partial charge < -0.3 is 15.2 Å². The van der Waals surface area contributed by atoms with Gasteiger partial charge in [0.05, 0.1) is 17.5 Å². The zero-order valence-electron chi connectivity index (χ0n) is 14.0. The molecule has 3 aromatic carbocycles. The van der Waals surface area contributed by atoms with E-state index in [0.29, 0.717) is 11.3 Å². The van der Waals surface area contributed by atoms with Crippen LogP contribution in [0.3, 0.4) is 0 Å². The van der Waals surface area contributed by atoms with Crippen LogP contribution in [-0.2, 0) is 0 Å². The van der Waals surface area contributed by atoms with E-state index in [4.69, 9.17) is 15.2 Å². The van der Waals surface area contributed by atoms with Gasteiger partial charge >= 0.3 is 0 Å². The summed E-state index contributed by atoms with van der Waals surface area (Å²) in [5.74, 6) is 1.29. The standard InChI is InChI=1S/C21H15BrN2O2/c1-25-18-9-7-13(10-17(18)22)19-15-8-6-12-4-2-3-5-14(12)20(15)26-21(24)16(19)11-23/h2-10,19H,24H2,1H3/t19-/m1/s1. The van der Waals surface area contributed by atoms with Crippen LogP contribution in [0.25, 0.3) is 10.8 Å². The number of ether oxygens (including phenoxy) is 2. The highest BCUT2D eigenvalue weighted by Crippen LogP contribution is 2.46. The lowest BCUT2D eigenvalue weighted by atomic mass is 9.82. The van der Waals surface area contributed by atoms with Crippen molar-refractivity contribution >= 4 is 26.7 Å². The molecule has 26 heavy (non-hydrogen) atoms. The molecule has 0 spiro atoms. The third kappa shape index (κ3) is 2.51. The highest BCUT2D eigenvalue weighted by molar-refractivity contribution is 9.10. The Hall–Kier alpha value is -2.97. The molecule has 0 saturated heterocycles. The monoisotopic (exact) mass is 406 g/mol. The second kappa shape index (κ2) is 6.40. The number of allylic oxidation sites excluding steroid dienone is 1. The van der Waals surface area contributed by atoms with Crippen LogP contribution in [0.2, 0.25) is 0 Å². The average Bonchev–Trinajstić information content (AvgIpc) is 2.66. The van der Waals surface area contributed by atoms with Crippen molar-refractivity contribution < 1.29 is 9.47 Å². The van der Waals surface area contributed by atoms with Gasteiger partial charge in [0.25, 0.3) is 0 Å². The molecule has 128 valence electrons. The number of fused-ring (bicyclic) bond motifs is 3. The molecule has 0 radical (unpaired) electrons. The number of nitrogens with zero attached hydrogens (tertiary/aromatic N) is 1. The molecule has 0 fully saturated rings. The molecule has 1 aliphatic heterocycles. The molecule has 0 aromatic heterocycles. The van der Waals surface area contributed by atoms with Gasteiger partial charge in [-0.05, 0) is 39.0 Å². The molecule has 0 unspecified atom stereocenters. The molecular formula is C21H15BrN2O2. The van der Waals surface area contributed by atoms with Gasteiger partial charge in [-0.2, -0.15) is 5.26 Å². The van der Waals surface area contributed by atoms with Gasteiger partial charge in [-0.25, -0.2) is 0 Å². The van der Waals surface area contributed by atoms with Crippen LogP contribution >= 0.6 is 15.9 Å². The Kier molecular flexibility index (Phi) is 4.06. The first-order chi connectivity index (χ1) is 12.6. The quantitative estimate of drug-likeness (QED) is 0.661. The van der Waals surface area contributed by atoms with Crippen molar-refractivity contribution in [1.29, 1.82) is 5.26 Å². The smallest absolute Gasteiger partial charge is 0.205 e. The van der Waals surface area contributed by atoms with Gasteiger partial charge in [0.15, 0.2) is 0 Å². The molecule has 5 heteroatoms. The summed E-state index contributed by atoms with van der Waals surface area (Å²) in [6.45, 7) is 0.